The van der Waals surface area contributed by atoms with Gasteiger partial charge in [0.1, 0.15) is 16.8 Å². The number of amides is 3. The summed E-state index contributed by atoms with van der Waals surface area (Å²) < 4.78 is 41.7. The quantitative estimate of drug-likeness (QED) is 0.379. The number of carbonyl (C=O) groups excluding carboxylic acids is 3. The minimum absolute atomic E-state index is 0.152. The van der Waals surface area contributed by atoms with Crippen LogP contribution >= 0.6 is 22.9 Å². The van der Waals surface area contributed by atoms with Crippen LogP contribution in [0.1, 0.15) is 36.9 Å². The lowest BCUT2D eigenvalue weighted by Gasteiger charge is -2.69. The maximum Gasteiger partial charge on any atom is 0.262 e. The first-order valence-corrected chi connectivity index (χ1v) is 15.8. The second kappa shape index (κ2) is 11.0. The van der Waals surface area contributed by atoms with Crippen molar-refractivity contribution >= 4 is 60.8 Å². The number of hydrogen-bond donors (Lipinski definition) is 2. The highest BCUT2D eigenvalue weighted by atomic mass is 35.5. The molecule has 1 aromatic heterocycles. The largest absolute Gasteiger partial charge is 0.340 e. The van der Waals surface area contributed by atoms with Crippen LogP contribution in [-0.2, 0) is 19.6 Å². The minimum Gasteiger partial charge on any atom is -0.340 e. The lowest BCUT2D eigenvalue weighted by atomic mass is 9.71. The number of hydrogen-bond acceptors (Lipinski definition) is 6. The first kappa shape index (κ1) is 29.4. The number of rotatable bonds is 9. The van der Waals surface area contributed by atoms with Gasteiger partial charge in [-0.25, -0.2) is 17.5 Å². The molecule has 3 heterocycles. The number of benzene rings is 2. The van der Waals surface area contributed by atoms with E-state index in [1.54, 1.807) is 4.90 Å². The highest BCUT2D eigenvalue weighted by Gasteiger charge is 2.64. The summed E-state index contributed by atoms with van der Waals surface area (Å²) in [6.45, 7) is 5.86. The van der Waals surface area contributed by atoms with Crippen LogP contribution in [0, 0.1) is 11.7 Å². The molecule has 3 amide bonds. The Bertz CT molecular complexity index is 1610. The molecule has 218 valence electrons. The molecule has 2 aliphatic rings. The monoisotopic (exact) mass is 620 g/mol. The third-order valence-corrected chi connectivity index (χ3v) is 10.7. The Labute approximate surface area is 246 Å². The lowest BCUT2D eigenvalue weighted by molar-refractivity contribution is -0.205. The van der Waals surface area contributed by atoms with E-state index in [9.17, 15) is 27.2 Å². The van der Waals surface area contributed by atoms with Crippen LogP contribution in [0.5, 0.6) is 0 Å². The number of carbonyl (C=O) groups is 3. The molecule has 0 bridgehead atoms. The van der Waals surface area contributed by atoms with Gasteiger partial charge in [0.25, 0.3) is 5.91 Å². The van der Waals surface area contributed by atoms with Crippen molar-refractivity contribution in [2.24, 2.45) is 5.92 Å². The molecule has 2 unspecified atom stereocenters. The zero-order valence-corrected chi connectivity index (χ0v) is 25.1. The SMILES string of the molecule is CC(C)CC(NC(=O)c1cc2ccccc2s1)C(=O)N1C[C@H]2N(C(=O)CNS(=O)(=O)c3ccc(F)cc3Cl)CC21C. The molecule has 9 nitrogen and oxygen atoms in total. The number of nitrogens with zero attached hydrogens (tertiary/aromatic N) is 2. The van der Waals surface area contributed by atoms with Gasteiger partial charge in [-0.3, -0.25) is 14.4 Å². The van der Waals surface area contributed by atoms with Crippen LogP contribution in [0.2, 0.25) is 5.02 Å². The number of sulfonamides is 1. The molecule has 0 aliphatic carbocycles. The zero-order valence-electron chi connectivity index (χ0n) is 22.7. The number of nitrogens with one attached hydrogen (secondary N) is 2. The molecular weight excluding hydrogens is 591 g/mol. The summed E-state index contributed by atoms with van der Waals surface area (Å²) in [7, 11) is -4.14. The summed E-state index contributed by atoms with van der Waals surface area (Å²) in [5, 5.41) is 3.61. The van der Waals surface area contributed by atoms with E-state index in [1.807, 2.05) is 51.1 Å². The first-order chi connectivity index (χ1) is 19.3. The second-order valence-corrected chi connectivity index (χ2v) is 14.3. The standard InChI is InChI=1S/C28H30ClFN4O5S2/c1-16(2)10-20(32-26(36)22-11-17-6-4-5-7-21(17)40-22)27(37)34-14-24-28(34,3)15-33(24)25(35)13-31-41(38,39)23-9-8-18(30)12-19(23)29/h4-9,11-12,16,20,24,31H,10,13-15H2,1-3H3,(H,32,36)/t20?,24-,28?/m1/s1. The highest BCUT2D eigenvalue weighted by molar-refractivity contribution is 7.89. The van der Waals surface area contributed by atoms with E-state index in [4.69, 9.17) is 11.6 Å². The average molecular weight is 621 g/mol. The Morgan fingerprint density at radius 2 is 1.90 bits per heavy atom. The van der Waals surface area contributed by atoms with Crippen molar-refractivity contribution < 1.29 is 27.2 Å². The molecule has 41 heavy (non-hydrogen) atoms. The summed E-state index contributed by atoms with van der Waals surface area (Å²) in [5.74, 6) is -1.47. The molecule has 0 saturated carbocycles. The van der Waals surface area contributed by atoms with Crippen LogP contribution in [0.3, 0.4) is 0 Å². The fourth-order valence-corrected chi connectivity index (χ4v) is 7.92. The summed E-state index contributed by atoms with van der Waals surface area (Å²) in [4.78, 5) is 43.0. The number of piperazine rings is 1. The summed E-state index contributed by atoms with van der Waals surface area (Å²) in [6.07, 6.45) is 0.461. The maximum atomic E-state index is 13.6. The van der Waals surface area contributed by atoms with E-state index in [0.29, 0.717) is 11.3 Å². The van der Waals surface area contributed by atoms with Gasteiger partial charge in [-0.2, -0.15) is 0 Å². The first-order valence-electron chi connectivity index (χ1n) is 13.2. The fraction of sp³-hybridized carbons (Fsp3) is 0.393. The van der Waals surface area contributed by atoms with Gasteiger partial charge in [-0.05, 0) is 55.0 Å². The van der Waals surface area contributed by atoms with Gasteiger partial charge in [0, 0.05) is 17.8 Å². The molecular formula is C28H30ClFN4O5S2. The van der Waals surface area contributed by atoms with E-state index < -0.39 is 39.9 Å². The van der Waals surface area contributed by atoms with E-state index in [1.165, 1.54) is 16.2 Å². The third-order valence-electron chi connectivity index (χ3n) is 7.70. The predicted molar refractivity (Wildman–Crippen MR) is 155 cm³/mol. The molecule has 2 aliphatic heterocycles. The van der Waals surface area contributed by atoms with E-state index in [0.717, 1.165) is 28.3 Å². The molecule has 2 fully saturated rings. The Morgan fingerprint density at radius 1 is 1.17 bits per heavy atom. The molecule has 3 aromatic rings. The van der Waals surface area contributed by atoms with Gasteiger partial charge in [0.2, 0.25) is 21.8 Å². The van der Waals surface area contributed by atoms with Crippen molar-refractivity contribution in [2.45, 2.75) is 49.7 Å². The van der Waals surface area contributed by atoms with Crippen LogP contribution in [0.15, 0.2) is 53.4 Å². The van der Waals surface area contributed by atoms with Gasteiger partial charge >= 0.3 is 0 Å². The van der Waals surface area contributed by atoms with E-state index in [2.05, 4.69) is 10.0 Å². The number of fused-ring (bicyclic) bond motifs is 2. The average Bonchev–Trinajstić information content (AvgIpc) is 3.34. The maximum absolute atomic E-state index is 13.6. The van der Waals surface area contributed by atoms with Crippen LogP contribution < -0.4 is 10.0 Å². The number of halogens is 2. The van der Waals surface area contributed by atoms with Crippen molar-refractivity contribution in [3.8, 4) is 0 Å². The van der Waals surface area contributed by atoms with Gasteiger partial charge in [-0.1, -0.05) is 43.6 Å². The van der Waals surface area contributed by atoms with Crippen LogP contribution in [-0.4, -0.2) is 73.2 Å². The summed E-state index contributed by atoms with van der Waals surface area (Å²) in [6, 6.07) is 11.4. The van der Waals surface area contributed by atoms with E-state index >= 15 is 0 Å². The van der Waals surface area contributed by atoms with Gasteiger partial charge in [-0.15, -0.1) is 11.3 Å². The molecule has 13 heteroatoms. The van der Waals surface area contributed by atoms with Crippen molar-refractivity contribution in [1.82, 2.24) is 19.8 Å². The molecule has 2 saturated heterocycles. The minimum atomic E-state index is -4.14. The van der Waals surface area contributed by atoms with Crippen molar-refractivity contribution in [3.05, 3.63) is 64.2 Å². The molecule has 3 atom stereocenters. The second-order valence-electron chi connectivity index (χ2n) is 11.0. The predicted octanol–water partition coefficient (Wildman–Crippen LogP) is 3.63. The van der Waals surface area contributed by atoms with Gasteiger partial charge < -0.3 is 15.1 Å². The number of likely N-dealkylation sites (tertiary alicyclic amines) is 2. The molecule has 0 spiro atoms. The molecule has 2 N–H and O–H groups in total. The zero-order chi connectivity index (χ0) is 29.7. The van der Waals surface area contributed by atoms with Crippen molar-refractivity contribution in [1.29, 1.82) is 0 Å². The molecule has 5 rings (SSSR count). The van der Waals surface area contributed by atoms with Gasteiger partial charge in [0.15, 0.2) is 0 Å². The summed E-state index contributed by atoms with van der Waals surface area (Å²) in [5.41, 5.74) is -0.608. The fourth-order valence-electron chi connectivity index (χ4n) is 5.45. The topological polar surface area (TPSA) is 116 Å². The van der Waals surface area contributed by atoms with Gasteiger partial charge in [0.05, 0.1) is 28.0 Å². The normalized spacial score (nSPS) is 20.8. The Morgan fingerprint density at radius 3 is 2.54 bits per heavy atom. The highest BCUT2D eigenvalue weighted by Crippen LogP contribution is 2.44. The summed E-state index contributed by atoms with van der Waals surface area (Å²) >= 11 is 7.24. The van der Waals surface area contributed by atoms with Crippen molar-refractivity contribution in [2.75, 3.05) is 19.6 Å². The van der Waals surface area contributed by atoms with Crippen molar-refractivity contribution in [3.63, 3.8) is 0 Å². The van der Waals surface area contributed by atoms with E-state index in [-0.39, 0.29) is 46.8 Å². The number of thiophene rings is 1. The third kappa shape index (κ3) is 5.57. The molecule has 2 aromatic carbocycles. The Hall–Kier alpha value is -3.06. The Kier molecular flexibility index (Phi) is 7.88. The van der Waals surface area contributed by atoms with Crippen LogP contribution in [0.4, 0.5) is 4.39 Å². The molecule has 0 radical (unpaired) electrons. The Balaban J connectivity index is 1.20. The smallest absolute Gasteiger partial charge is 0.262 e. The van der Waals surface area contributed by atoms with Crippen LogP contribution in [0.25, 0.3) is 10.1 Å². The lowest BCUT2D eigenvalue weighted by Crippen LogP contribution is -2.88.